The Hall–Kier alpha value is -1.45. The van der Waals surface area contributed by atoms with E-state index in [2.05, 4.69) is 4.90 Å². The minimum Gasteiger partial charge on any atom is -0.341 e. The van der Waals surface area contributed by atoms with E-state index in [-0.39, 0.29) is 18.4 Å². The monoisotopic (exact) mass is 495 g/mol. The van der Waals surface area contributed by atoms with Crippen molar-refractivity contribution in [1.29, 1.82) is 0 Å². The van der Waals surface area contributed by atoms with Crippen molar-refractivity contribution in [3.8, 4) is 0 Å². The molecule has 4 rings (SSSR count). The molecular formula is C23H30ClN3O3S2. The minimum atomic E-state index is -3.53. The number of hydrogen-bond donors (Lipinski definition) is 0. The number of carbonyl (C=O) groups excluding carboxylic acids is 1. The van der Waals surface area contributed by atoms with Gasteiger partial charge in [-0.2, -0.15) is 4.31 Å². The van der Waals surface area contributed by atoms with E-state index in [1.165, 1.54) is 21.2 Å². The SMILES string of the molecule is Cc1ccc(S(=O)(=O)N2CCCC(C(=O)N3CCCN(Cc4ccc(Cl)cc4)CC3)C2)s1. The largest absolute Gasteiger partial charge is 0.341 e. The third-order valence-electron chi connectivity index (χ3n) is 6.26. The van der Waals surface area contributed by atoms with Crippen LogP contribution in [-0.2, 0) is 21.4 Å². The van der Waals surface area contributed by atoms with Gasteiger partial charge in [-0.3, -0.25) is 9.69 Å². The average Bonchev–Trinajstić information content (AvgIpc) is 3.11. The molecule has 1 atom stereocenters. The third-order valence-corrected chi connectivity index (χ3v) is 9.85. The van der Waals surface area contributed by atoms with Crippen molar-refractivity contribution >= 4 is 38.9 Å². The predicted octanol–water partition coefficient (Wildman–Crippen LogP) is 3.85. The van der Waals surface area contributed by atoms with Crippen molar-refractivity contribution in [3.63, 3.8) is 0 Å². The lowest BCUT2D eigenvalue weighted by Gasteiger charge is -2.33. The second kappa shape index (κ2) is 10.2. The number of thiophene rings is 1. The maximum absolute atomic E-state index is 13.3. The highest BCUT2D eigenvalue weighted by Crippen LogP contribution is 2.29. The molecule has 9 heteroatoms. The van der Waals surface area contributed by atoms with E-state index in [1.54, 1.807) is 6.07 Å². The zero-order valence-electron chi connectivity index (χ0n) is 18.4. The number of hydrogen-bond acceptors (Lipinski definition) is 5. The molecule has 0 N–H and O–H groups in total. The lowest BCUT2D eigenvalue weighted by molar-refractivity contribution is -0.136. The zero-order chi connectivity index (χ0) is 22.7. The van der Waals surface area contributed by atoms with Gasteiger partial charge in [0.1, 0.15) is 4.21 Å². The Morgan fingerprint density at radius 1 is 1.03 bits per heavy atom. The fraction of sp³-hybridized carbons (Fsp3) is 0.522. The molecule has 174 valence electrons. The van der Waals surface area contributed by atoms with Crippen molar-refractivity contribution < 1.29 is 13.2 Å². The van der Waals surface area contributed by atoms with Crippen molar-refractivity contribution in [2.24, 2.45) is 5.92 Å². The summed E-state index contributed by atoms with van der Waals surface area (Å²) in [4.78, 5) is 18.6. The average molecular weight is 496 g/mol. The van der Waals surface area contributed by atoms with E-state index >= 15 is 0 Å². The molecule has 2 saturated heterocycles. The van der Waals surface area contributed by atoms with Crippen LogP contribution in [0.3, 0.4) is 0 Å². The Balaban J connectivity index is 1.35. The van der Waals surface area contributed by atoms with Gasteiger partial charge in [0, 0.05) is 55.7 Å². The second-order valence-electron chi connectivity index (χ2n) is 8.65. The van der Waals surface area contributed by atoms with Crippen molar-refractivity contribution in [1.82, 2.24) is 14.1 Å². The van der Waals surface area contributed by atoms with Gasteiger partial charge in [0.05, 0.1) is 5.92 Å². The van der Waals surface area contributed by atoms with Gasteiger partial charge < -0.3 is 4.90 Å². The van der Waals surface area contributed by atoms with E-state index in [0.717, 1.165) is 55.3 Å². The van der Waals surface area contributed by atoms with E-state index in [0.29, 0.717) is 17.3 Å². The van der Waals surface area contributed by atoms with Gasteiger partial charge in [-0.1, -0.05) is 23.7 Å². The molecule has 3 heterocycles. The summed E-state index contributed by atoms with van der Waals surface area (Å²) in [5, 5.41) is 0.735. The van der Waals surface area contributed by atoms with Crippen LogP contribution in [0.4, 0.5) is 0 Å². The first-order chi connectivity index (χ1) is 15.3. The molecule has 32 heavy (non-hydrogen) atoms. The minimum absolute atomic E-state index is 0.0978. The lowest BCUT2D eigenvalue weighted by Crippen LogP contribution is -2.47. The Labute approximate surface area is 199 Å². The fourth-order valence-corrected chi connectivity index (χ4v) is 7.58. The first-order valence-corrected chi connectivity index (χ1v) is 13.8. The number of carbonyl (C=O) groups is 1. The second-order valence-corrected chi connectivity index (χ2v) is 12.5. The lowest BCUT2D eigenvalue weighted by atomic mass is 9.98. The molecule has 2 fully saturated rings. The van der Waals surface area contributed by atoms with Gasteiger partial charge in [0.15, 0.2) is 0 Å². The van der Waals surface area contributed by atoms with Crippen LogP contribution < -0.4 is 0 Å². The number of rotatable bonds is 5. The number of benzene rings is 1. The molecule has 2 aliphatic rings. The first kappa shape index (κ1) is 23.7. The number of aryl methyl sites for hydroxylation is 1. The van der Waals surface area contributed by atoms with Crippen LogP contribution in [0.5, 0.6) is 0 Å². The molecule has 0 radical (unpaired) electrons. The van der Waals surface area contributed by atoms with Crippen LogP contribution in [0.15, 0.2) is 40.6 Å². The summed E-state index contributed by atoms with van der Waals surface area (Å²) in [6.45, 7) is 6.67. The number of piperidine rings is 1. The molecule has 0 bridgehead atoms. The quantitative estimate of drug-likeness (QED) is 0.632. The van der Waals surface area contributed by atoms with E-state index < -0.39 is 10.0 Å². The van der Waals surface area contributed by atoms with Crippen molar-refractivity contribution in [2.75, 3.05) is 39.3 Å². The molecule has 1 amide bonds. The van der Waals surface area contributed by atoms with E-state index in [1.807, 2.05) is 42.2 Å². The summed E-state index contributed by atoms with van der Waals surface area (Å²) in [6, 6.07) is 11.4. The zero-order valence-corrected chi connectivity index (χ0v) is 20.8. The van der Waals surface area contributed by atoms with Gasteiger partial charge >= 0.3 is 0 Å². The van der Waals surface area contributed by atoms with Crippen molar-refractivity contribution in [3.05, 3.63) is 51.9 Å². The van der Waals surface area contributed by atoms with Crippen LogP contribution in [-0.4, -0.2) is 67.7 Å². The molecule has 1 aromatic carbocycles. The van der Waals surface area contributed by atoms with Gasteiger partial charge in [0.25, 0.3) is 10.0 Å². The maximum atomic E-state index is 13.3. The summed E-state index contributed by atoms with van der Waals surface area (Å²) in [7, 11) is -3.53. The molecule has 2 aliphatic heterocycles. The van der Waals surface area contributed by atoms with Crippen LogP contribution >= 0.6 is 22.9 Å². The smallest absolute Gasteiger partial charge is 0.252 e. The normalized spacial score (nSPS) is 21.4. The van der Waals surface area contributed by atoms with Gasteiger partial charge in [-0.05, 0) is 56.0 Å². The fourth-order valence-electron chi connectivity index (χ4n) is 4.50. The molecule has 0 aliphatic carbocycles. The maximum Gasteiger partial charge on any atom is 0.252 e. The van der Waals surface area contributed by atoms with Crippen LogP contribution in [0.1, 0.15) is 29.7 Å². The summed E-state index contributed by atoms with van der Waals surface area (Å²) in [5.74, 6) is -0.164. The molecule has 6 nitrogen and oxygen atoms in total. The van der Waals surface area contributed by atoms with Crippen LogP contribution in [0.25, 0.3) is 0 Å². The van der Waals surface area contributed by atoms with Crippen molar-refractivity contribution in [2.45, 2.75) is 36.9 Å². The van der Waals surface area contributed by atoms with Gasteiger partial charge in [-0.15, -0.1) is 11.3 Å². The molecule has 0 spiro atoms. The molecule has 1 aromatic heterocycles. The van der Waals surface area contributed by atoms with Crippen LogP contribution in [0, 0.1) is 12.8 Å². The number of halogens is 1. The summed E-state index contributed by atoms with van der Waals surface area (Å²) in [6.07, 6.45) is 2.39. The summed E-state index contributed by atoms with van der Waals surface area (Å²) in [5.41, 5.74) is 1.21. The summed E-state index contributed by atoms with van der Waals surface area (Å²) < 4.78 is 27.9. The number of amides is 1. The highest BCUT2D eigenvalue weighted by molar-refractivity contribution is 7.91. The highest BCUT2D eigenvalue weighted by atomic mass is 35.5. The molecular weight excluding hydrogens is 466 g/mol. The molecule has 1 unspecified atom stereocenters. The Morgan fingerprint density at radius 2 is 1.81 bits per heavy atom. The standard InChI is InChI=1S/C23H30ClN3O3S2/c1-18-5-10-22(31-18)32(29,30)27-13-2-4-20(17-27)23(28)26-12-3-11-25(14-15-26)16-19-6-8-21(24)9-7-19/h5-10,20H,2-4,11-17H2,1H3. The Morgan fingerprint density at radius 3 is 2.53 bits per heavy atom. The van der Waals surface area contributed by atoms with Gasteiger partial charge in [0.2, 0.25) is 5.91 Å². The Kier molecular flexibility index (Phi) is 7.57. The van der Waals surface area contributed by atoms with Gasteiger partial charge in [-0.25, -0.2) is 8.42 Å². The van der Waals surface area contributed by atoms with Crippen LogP contribution in [0.2, 0.25) is 5.02 Å². The topological polar surface area (TPSA) is 60.9 Å². The predicted molar refractivity (Wildman–Crippen MR) is 128 cm³/mol. The number of sulfonamides is 1. The van der Waals surface area contributed by atoms with E-state index in [4.69, 9.17) is 11.6 Å². The molecule has 2 aromatic rings. The number of nitrogens with zero attached hydrogens (tertiary/aromatic N) is 3. The van der Waals surface area contributed by atoms with E-state index in [9.17, 15) is 13.2 Å². The summed E-state index contributed by atoms with van der Waals surface area (Å²) >= 11 is 7.28. The first-order valence-electron chi connectivity index (χ1n) is 11.1. The molecule has 0 saturated carbocycles. The Bertz CT molecular complexity index is 1040. The third kappa shape index (κ3) is 5.54. The highest BCUT2D eigenvalue weighted by Gasteiger charge is 2.36.